The molecule has 0 fully saturated rings. The molecule has 3 aromatic rings. The molecule has 0 heteroatoms. The molecule has 0 spiro atoms. The number of hydrogen-bond donors (Lipinski definition) is 0. The standard InChI is InChI=1S/C22H18/c1-2-18-22(19-12-6-3-7-13-19,20-14-8-4-9-15-20)21-16-10-5-11-17-21/h3-18H,1H2. The molecule has 0 aliphatic rings. The van der Waals surface area contributed by atoms with E-state index in [0.717, 1.165) is 0 Å². The van der Waals surface area contributed by atoms with Gasteiger partial charge in [-0.1, -0.05) is 97.6 Å². The highest BCUT2D eigenvalue weighted by atomic mass is 14.3. The molecule has 0 aliphatic heterocycles. The van der Waals surface area contributed by atoms with E-state index in [4.69, 9.17) is 0 Å². The van der Waals surface area contributed by atoms with Gasteiger partial charge in [0.1, 0.15) is 0 Å². The van der Waals surface area contributed by atoms with Crippen LogP contribution in [0, 0.1) is 0 Å². The van der Waals surface area contributed by atoms with Gasteiger partial charge in [0.25, 0.3) is 0 Å². The Hall–Kier alpha value is -2.82. The first-order valence-electron chi connectivity index (χ1n) is 7.41. The van der Waals surface area contributed by atoms with Crippen LogP contribution in [0.5, 0.6) is 0 Å². The first-order valence-corrected chi connectivity index (χ1v) is 7.41. The Kier molecular flexibility index (Phi) is 4.05. The van der Waals surface area contributed by atoms with Gasteiger partial charge in [-0.05, 0) is 22.8 Å². The first kappa shape index (κ1) is 14.1. The van der Waals surface area contributed by atoms with Gasteiger partial charge in [-0.15, -0.1) is 5.73 Å². The average molecular weight is 282 g/mol. The Morgan fingerprint density at radius 1 is 0.591 bits per heavy atom. The second-order valence-corrected chi connectivity index (χ2v) is 5.25. The van der Waals surface area contributed by atoms with E-state index < -0.39 is 0 Å². The van der Waals surface area contributed by atoms with E-state index in [1.165, 1.54) is 16.7 Å². The summed E-state index contributed by atoms with van der Waals surface area (Å²) < 4.78 is 0. The molecular formula is C22H18. The molecule has 0 saturated heterocycles. The Balaban J connectivity index is 2.37. The first-order chi connectivity index (χ1) is 10.9. The van der Waals surface area contributed by atoms with Gasteiger partial charge in [0.2, 0.25) is 0 Å². The molecular weight excluding hydrogens is 264 g/mol. The number of hydrogen-bond acceptors (Lipinski definition) is 0. The van der Waals surface area contributed by atoms with Gasteiger partial charge in [0.15, 0.2) is 0 Å². The highest BCUT2D eigenvalue weighted by Gasteiger charge is 2.33. The van der Waals surface area contributed by atoms with E-state index in [2.05, 4.69) is 91.2 Å². The second kappa shape index (κ2) is 6.30. The van der Waals surface area contributed by atoms with Crippen molar-refractivity contribution < 1.29 is 0 Å². The van der Waals surface area contributed by atoms with Crippen molar-refractivity contribution in [1.29, 1.82) is 0 Å². The van der Waals surface area contributed by atoms with Gasteiger partial charge in [-0.2, -0.15) is 0 Å². The van der Waals surface area contributed by atoms with Crippen LogP contribution in [-0.4, -0.2) is 0 Å². The molecule has 0 N–H and O–H groups in total. The van der Waals surface area contributed by atoms with Crippen LogP contribution in [0.4, 0.5) is 0 Å². The number of benzene rings is 3. The SMILES string of the molecule is C=C=CC(c1ccccc1)(c1ccccc1)c1ccccc1. The summed E-state index contributed by atoms with van der Waals surface area (Å²) in [6.07, 6.45) is 2.06. The van der Waals surface area contributed by atoms with Gasteiger partial charge >= 0.3 is 0 Å². The summed E-state index contributed by atoms with van der Waals surface area (Å²) in [7, 11) is 0. The highest BCUT2D eigenvalue weighted by molar-refractivity contribution is 5.54. The lowest BCUT2D eigenvalue weighted by Gasteiger charge is -2.32. The maximum Gasteiger partial charge on any atom is 0.0705 e. The summed E-state index contributed by atoms with van der Waals surface area (Å²) in [6, 6.07) is 31.6. The van der Waals surface area contributed by atoms with Crippen molar-refractivity contribution in [3.05, 3.63) is 126 Å². The molecule has 106 valence electrons. The van der Waals surface area contributed by atoms with Crippen molar-refractivity contribution in [2.45, 2.75) is 5.41 Å². The topological polar surface area (TPSA) is 0 Å². The van der Waals surface area contributed by atoms with E-state index in [-0.39, 0.29) is 5.41 Å². The molecule has 0 unspecified atom stereocenters. The van der Waals surface area contributed by atoms with Gasteiger partial charge < -0.3 is 0 Å². The molecule has 0 atom stereocenters. The van der Waals surface area contributed by atoms with Crippen molar-refractivity contribution in [2.24, 2.45) is 0 Å². The Bertz CT molecular complexity index is 667. The lowest BCUT2D eigenvalue weighted by atomic mass is 9.69. The third kappa shape index (κ3) is 2.41. The van der Waals surface area contributed by atoms with Gasteiger partial charge in [0, 0.05) is 0 Å². The Labute approximate surface area is 132 Å². The van der Waals surface area contributed by atoms with Gasteiger partial charge in [-0.25, -0.2) is 0 Å². The van der Waals surface area contributed by atoms with Crippen LogP contribution in [0.25, 0.3) is 0 Å². The fourth-order valence-corrected chi connectivity index (χ4v) is 3.01. The quantitative estimate of drug-likeness (QED) is 0.446. The molecule has 0 bridgehead atoms. The van der Waals surface area contributed by atoms with E-state index >= 15 is 0 Å². The predicted octanol–water partition coefficient (Wildman–Crippen LogP) is 5.36. The zero-order chi connectivity index (χ0) is 15.3. The molecule has 0 heterocycles. The molecule has 0 radical (unpaired) electrons. The third-order valence-electron chi connectivity index (χ3n) is 4.01. The van der Waals surface area contributed by atoms with Crippen LogP contribution >= 0.6 is 0 Å². The molecule has 0 nitrogen and oxygen atoms in total. The molecule has 3 rings (SSSR count). The normalized spacial score (nSPS) is 10.7. The minimum Gasteiger partial charge on any atom is -0.131 e. The van der Waals surface area contributed by atoms with Crippen LogP contribution in [0.3, 0.4) is 0 Å². The van der Waals surface area contributed by atoms with E-state index in [1.807, 2.05) is 18.2 Å². The lowest BCUT2D eigenvalue weighted by molar-refractivity contribution is 0.780. The molecule has 0 amide bonds. The summed E-state index contributed by atoms with van der Waals surface area (Å²) in [5, 5.41) is 0. The van der Waals surface area contributed by atoms with E-state index in [0.29, 0.717) is 0 Å². The van der Waals surface area contributed by atoms with Gasteiger partial charge in [-0.3, -0.25) is 0 Å². The second-order valence-electron chi connectivity index (χ2n) is 5.25. The smallest absolute Gasteiger partial charge is 0.0705 e. The van der Waals surface area contributed by atoms with Crippen molar-refractivity contribution in [3.8, 4) is 0 Å². The summed E-state index contributed by atoms with van der Waals surface area (Å²) >= 11 is 0. The predicted molar refractivity (Wildman–Crippen MR) is 92.9 cm³/mol. The maximum absolute atomic E-state index is 3.84. The lowest BCUT2D eigenvalue weighted by Crippen LogP contribution is -2.26. The largest absolute Gasteiger partial charge is 0.131 e. The van der Waals surface area contributed by atoms with Crippen LogP contribution in [0.15, 0.2) is 109 Å². The zero-order valence-electron chi connectivity index (χ0n) is 12.4. The molecule has 0 saturated carbocycles. The van der Waals surface area contributed by atoms with Crippen molar-refractivity contribution in [1.82, 2.24) is 0 Å². The van der Waals surface area contributed by atoms with Crippen LogP contribution in [-0.2, 0) is 5.41 Å². The highest BCUT2D eigenvalue weighted by Crippen LogP contribution is 2.40. The monoisotopic (exact) mass is 282 g/mol. The summed E-state index contributed by atoms with van der Waals surface area (Å²) in [6.45, 7) is 3.84. The number of allylic oxidation sites excluding steroid dienone is 1. The van der Waals surface area contributed by atoms with Crippen molar-refractivity contribution >= 4 is 0 Å². The summed E-state index contributed by atoms with van der Waals surface area (Å²) in [4.78, 5) is 0. The van der Waals surface area contributed by atoms with Crippen LogP contribution in [0.1, 0.15) is 16.7 Å². The molecule has 0 aliphatic carbocycles. The molecule has 0 aromatic heterocycles. The molecule has 3 aromatic carbocycles. The maximum atomic E-state index is 3.84. The Morgan fingerprint density at radius 2 is 0.909 bits per heavy atom. The Morgan fingerprint density at radius 3 is 1.18 bits per heavy atom. The van der Waals surface area contributed by atoms with Crippen LogP contribution < -0.4 is 0 Å². The van der Waals surface area contributed by atoms with Crippen LogP contribution in [0.2, 0.25) is 0 Å². The molecule has 22 heavy (non-hydrogen) atoms. The van der Waals surface area contributed by atoms with Gasteiger partial charge in [0.05, 0.1) is 5.41 Å². The zero-order valence-corrected chi connectivity index (χ0v) is 12.4. The minimum atomic E-state index is -0.370. The van der Waals surface area contributed by atoms with E-state index in [9.17, 15) is 0 Å². The summed E-state index contributed by atoms with van der Waals surface area (Å²) in [5.41, 5.74) is 6.29. The third-order valence-corrected chi connectivity index (χ3v) is 4.01. The van der Waals surface area contributed by atoms with Crippen molar-refractivity contribution in [2.75, 3.05) is 0 Å². The van der Waals surface area contributed by atoms with Crippen molar-refractivity contribution in [3.63, 3.8) is 0 Å². The number of rotatable bonds is 4. The fraction of sp³-hybridized carbons (Fsp3) is 0.0455. The van der Waals surface area contributed by atoms with E-state index in [1.54, 1.807) is 0 Å². The summed E-state index contributed by atoms with van der Waals surface area (Å²) in [5.74, 6) is 0. The fourth-order valence-electron chi connectivity index (χ4n) is 3.01. The minimum absolute atomic E-state index is 0.370. The average Bonchev–Trinajstić information content (AvgIpc) is 2.62.